The van der Waals surface area contributed by atoms with Crippen molar-refractivity contribution in [2.45, 2.75) is 13.5 Å². The topological polar surface area (TPSA) is 67.4 Å². The van der Waals surface area contributed by atoms with Crippen molar-refractivity contribution in [3.8, 4) is 17.5 Å². The van der Waals surface area contributed by atoms with E-state index >= 15 is 0 Å². The summed E-state index contributed by atoms with van der Waals surface area (Å²) in [5.74, 6) is 0.614. The van der Waals surface area contributed by atoms with Gasteiger partial charge in [0.05, 0.1) is 18.2 Å². The molecule has 0 bridgehead atoms. The quantitative estimate of drug-likeness (QED) is 0.736. The van der Waals surface area contributed by atoms with Gasteiger partial charge in [-0.15, -0.1) is 10.2 Å². The molecule has 0 saturated heterocycles. The van der Waals surface area contributed by atoms with Gasteiger partial charge in [0.25, 0.3) is 0 Å². The van der Waals surface area contributed by atoms with Crippen LogP contribution < -0.4 is 0 Å². The lowest BCUT2D eigenvalue weighted by Crippen LogP contribution is -2.03. The fraction of sp³-hybridized carbons (Fsp3) is 0.125. The van der Waals surface area contributed by atoms with Crippen molar-refractivity contribution in [3.63, 3.8) is 0 Å². The van der Waals surface area contributed by atoms with Crippen LogP contribution in [0.3, 0.4) is 0 Å². The number of hydrogen-bond donors (Lipinski definition) is 0. The van der Waals surface area contributed by atoms with Gasteiger partial charge < -0.3 is 0 Å². The summed E-state index contributed by atoms with van der Waals surface area (Å²) in [4.78, 5) is 1.55. The Morgan fingerprint density at radius 3 is 2.43 bits per heavy atom. The number of aromatic nitrogens is 4. The van der Waals surface area contributed by atoms with Gasteiger partial charge in [0.1, 0.15) is 0 Å². The molecule has 0 aliphatic heterocycles. The van der Waals surface area contributed by atoms with Crippen molar-refractivity contribution in [2.24, 2.45) is 0 Å². The highest BCUT2D eigenvalue weighted by atomic mass is 15.6. The van der Waals surface area contributed by atoms with Gasteiger partial charge in [-0.3, -0.25) is 0 Å². The Labute approximate surface area is 122 Å². The highest BCUT2D eigenvalue weighted by Gasteiger charge is 2.06. The van der Waals surface area contributed by atoms with Crippen LogP contribution in [0.25, 0.3) is 11.4 Å². The average Bonchev–Trinajstić information content (AvgIpc) is 2.97. The molecule has 0 saturated carbocycles. The number of aryl methyl sites for hydroxylation is 1. The predicted molar refractivity (Wildman–Crippen MR) is 78.2 cm³/mol. The molecule has 1 aromatic heterocycles. The predicted octanol–water partition coefficient (Wildman–Crippen LogP) is 2.57. The SMILES string of the molecule is Cc1ccc(-c2nnn(Cc3ccc(C#N)cc3)n2)cc1. The minimum absolute atomic E-state index is 0.532. The van der Waals surface area contributed by atoms with Crippen molar-refractivity contribution in [1.29, 1.82) is 5.26 Å². The molecule has 0 fully saturated rings. The monoisotopic (exact) mass is 275 g/mol. The molecule has 0 atom stereocenters. The van der Waals surface area contributed by atoms with Gasteiger partial charge >= 0.3 is 0 Å². The van der Waals surface area contributed by atoms with Crippen molar-refractivity contribution in [3.05, 3.63) is 65.2 Å². The first-order chi connectivity index (χ1) is 10.2. The molecule has 102 valence electrons. The van der Waals surface area contributed by atoms with Crippen LogP contribution >= 0.6 is 0 Å². The van der Waals surface area contributed by atoms with Crippen molar-refractivity contribution < 1.29 is 0 Å². The summed E-state index contributed by atoms with van der Waals surface area (Å²) in [6.45, 7) is 2.57. The third kappa shape index (κ3) is 2.95. The molecular formula is C16H13N5. The summed E-state index contributed by atoms with van der Waals surface area (Å²) >= 11 is 0. The molecule has 3 rings (SSSR count). The van der Waals surface area contributed by atoms with Gasteiger partial charge in [-0.1, -0.05) is 42.0 Å². The summed E-state index contributed by atoms with van der Waals surface area (Å²) in [5, 5.41) is 21.3. The van der Waals surface area contributed by atoms with E-state index in [9.17, 15) is 0 Å². The van der Waals surface area contributed by atoms with Gasteiger partial charge in [-0.05, 0) is 29.8 Å². The molecule has 5 nitrogen and oxygen atoms in total. The summed E-state index contributed by atoms with van der Waals surface area (Å²) in [7, 11) is 0. The van der Waals surface area contributed by atoms with Gasteiger partial charge in [-0.25, -0.2) is 0 Å². The highest BCUT2D eigenvalue weighted by molar-refractivity contribution is 5.54. The minimum Gasteiger partial charge on any atom is -0.192 e. The second-order valence-electron chi connectivity index (χ2n) is 4.82. The maximum Gasteiger partial charge on any atom is 0.204 e. The van der Waals surface area contributed by atoms with E-state index in [1.807, 2.05) is 43.3 Å². The average molecular weight is 275 g/mol. The minimum atomic E-state index is 0.532. The van der Waals surface area contributed by atoms with Crippen molar-refractivity contribution in [1.82, 2.24) is 20.2 Å². The molecule has 0 spiro atoms. The Hall–Kier alpha value is -3.00. The lowest BCUT2D eigenvalue weighted by atomic mass is 10.1. The van der Waals surface area contributed by atoms with E-state index in [1.165, 1.54) is 5.56 Å². The van der Waals surface area contributed by atoms with Crippen molar-refractivity contribution in [2.75, 3.05) is 0 Å². The molecule has 0 aliphatic carbocycles. The number of tetrazole rings is 1. The van der Waals surface area contributed by atoms with Gasteiger partial charge in [-0.2, -0.15) is 10.1 Å². The maximum atomic E-state index is 8.78. The maximum absolute atomic E-state index is 8.78. The first kappa shape index (κ1) is 13.0. The zero-order chi connectivity index (χ0) is 14.7. The molecule has 0 amide bonds. The van der Waals surface area contributed by atoms with Gasteiger partial charge in [0, 0.05) is 5.56 Å². The molecule has 0 radical (unpaired) electrons. The Bertz CT molecular complexity index is 779. The highest BCUT2D eigenvalue weighted by Crippen LogP contribution is 2.14. The number of nitriles is 1. The Morgan fingerprint density at radius 1 is 1.05 bits per heavy atom. The van der Waals surface area contributed by atoms with Crippen LogP contribution in [0.15, 0.2) is 48.5 Å². The van der Waals surface area contributed by atoms with E-state index in [-0.39, 0.29) is 0 Å². The third-order valence-corrected chi connectivity index (χ3v) is 3.17. The van der Waals surface area contributed by atoms with Crippen LogP contribution in [-0.4, -0.2) is 20.2 Å². The lowest BCUT2D eigenvalue weighted by molar-refractivity contribution is 0.573. The van der Waals surface area contributed by atoms with Crippen LogP contribution in [0.2, 0.25) is 0 Å². The fourth-order valence-corrected chi connectivity index (χ4v) is 1.98. The van der Waals surface area contributed by atoms with Crippen molar-refractivity contribution >= 4 is 0 Å². The molecule has 0 aliphatic rings. The third-order valence-electron chi connectivity index (χ3n) is 3.17. The van der Waals surface area contributed by atoms with Gasteiger partial charge in [0.2, 0.25) is 5.82 Å². The zero-order valence-electron chi connectivity index (χ0n) is 11.6. The van der Waals surface area contributed by atoms with Crippen LogP contribution in [0.1, 0.15) is 16.7 Å². The van der Waals surface area contributed by atoms with Crippen LogP contribution in [0, 0.1) is 18.3 Å². The first-order valence-electron chi connectivity index (χ1n) is 6.58. The molecule has 1 heterocycles. The number of benzene rings is 2. The Balaban J connectivity index is 1.78. The normalized spacial score (nSPS) is 10.3. The summed E-state index contributed by atoms with van der Waals surface area (Å²) in [6.07, 6.45) is 0. The summed E-state index contributed by atoms with van der Waals surface area (Å²) in [5.41, 5.74) is 3.82. The number of hydrogen-bond acceptors (Lipinski definition) is 4. The van der Waals surface area contributed by atoms with Gasteiger partial charge in [0.15, 0.2) is 0 Å². The van der Waals surface area contributed by atoms with Crippen LogP contribution in [0.4, 0.5) is 0 Å². The Kier molecular flexibility index (Phi) is 3.44. The van der Waals surface area contributed by atoms with E-state index < -0.39 is 0 Å². The Morgan fingerprint density at radius 2 is 1.76 bits per heavy atom. The van der Waals surface area contributed by atoms with E-state index in [4.69, 9.17) is 5.26 Å². The van der Waals surface area contributed by atoms with Crippen LogP contribution in [0.5, 0.6) is 0 Å². The standard InChI is InChI=1S/C16H13N5/c1-12-2-8-15(9-3-12)16-18-20-21(19-16)11-14-6-4-13(10-17)5-7-14/h2-9H,11H2,1H3. The van der Waals surface area contributed by atoms with E-state index in [1.54, 1.807) is 16.9 Å². The summed E-state index contributed by atoms with van der Waals surface area (Å²) < 4.78 is 0. The molecule has 0 N–H and O–H groups in total. The molecule has 0 unspecified atom stereocenters. The zero-order valence-corrected chi connectivity index (χ0v) is 11.6. The lowest BCUT2D eigenvalue weighted by Gasteiger charge is -1.99. The number of rotatable bonds is 3. The van der Waals surface area contributed by atoms with E-state index in [0.29, 0.717) is 17.9 Å². The second kappa shape index (κ2) is 5.55. The molecule has 5 heteroatoms. The summed E-state index contributed by atoms with van der Waals surface area (Å²) in [6, 6.07) is 17.5. The molecular weight excluding hydrogens is 262 g/mol. The number of nitrogens with zero attached hydrogens (tertiary/aromatic N) is 5. The largest absolute Gasteiger partial charge is 0.204 e. The second-order valence-corrected chi connectivity index (χ2v) is 4.82. The molecule has 2 aromatic carbocycles. The van der Waals surface area contributed by atoms with E-state index in [0.717, 1.165) is 11.1 Å². The molecule has 21 heavy (non-hydrogen) atoms. The van der Waals surface area contributed by atoms with Crippen LogP contribution in [-0.2, 0) is 6.54 Å². The smallest absolute Gasteiger partial charge is 0.192 e. The van der Waals surface area contributed by atoms with E-state index in [2.05, 4.69) is 21.5 Å². The molecule has 3 aromatic rings. The fourth-order valence-electron chi connectivity index (χ4n) is 1.98. The first-order valence-corrected chi connectivity index (χ1v) is 6.58.